The Balaban J connectivity index is 2.23. The maximum atomic E-state index is 12.7. The molecule has 0 aromatic rings. The molecule has 2 aliphatic carbocycles. The van der Waals surface area contributed by atoms with Crippen LogP contribution in [0.4, 0.5) is 26.3 Å². The van der Waals surface area contributed by atoms with Crippen molar-refractivity contribution in [2.24, 2.45) is 17.8 Å². The normalized spacial score (nSPS) is 38.5. The zero-order chi connectivity index (χ0) is 15.6. The van der Waals surface area contributed by atoms with Crippen molar-refractivity contribution in [2.75, 3.05) is 0 Å². The third-order valence-corrected chi connectivity index (χ3v) is 4.79. The van der Waals surface area contributed by atoms with Crippen molar-refractivity contribution >= 4 is 0 Å². The SMILES string of the molecule is CC1(O)CC2CC(CC(O)(C(F)(F)F)C(F)(F)F)C1C2. The summed E-state index contributed by atoms with van der Waals surface area (Å²) in [6.07, 6.45) is -12.0. The average molecular weight is 306 g/mol. The van der Waals surface area contributed by atoms with Crippen molar-refractivity contribution < 1.29 is 36.6 Å². The van der Waals surface area contributed by atoms with Gasteiger partial charge in [0.05, 0.1) is 5.60 Å². The molecule has 2 saturated carbocycles. The number of rotatable bonds is 2. The summed E-state index contributed by atoms with van der Waals surface area (Å²) in [5.41, 5.74) is -5.95. The summed E-state index contributed by atoms with van der Waals surface area (Å²) in [5.74, 6) is -1.66. The van der Waals surface area contributed by atoms with Crippen molar-refractivity contribution in [3.8, 4) is 0 Å². The van der Waals surface area contributed by atoms with Gasteiger partial charge >= 0.3 is 12.4 Å². The van der Waals surface area contributed by atoms with Gasteiger partial charge in [0.1, 0.15) is 0 Å². The van der Waals surface area contributed by atoms with Gasteiger partial charge in [-0.05, 0) is 50.4 Å². The maximum Gasteiger partial charge on any atom is 0.426 e. The van der Waals surface area contributed by atoms with Crippen LogP contribution in [0.1, 0.15) is 32.6 Å². The standard InChI is InChI=1S/C12H16F6O2/c1-9(19)4-6-2-7(8(9)3-6)5-10(20,11(13,14)15)12(16,17)18/h6-8,19-20H,2-5H2,1H3. The minimum Gasteiger partial charge on any atom is -0.390 e. The van der Waals surface area contributed by atoms with Gasteiger partial charge in [-0.1, -0.05) is 0 Å². The van der Waals surface area contributed by atoms with Gasteiger partial charge in [0, 0.05) is 0 Å². The highest BCUT2D eigenvalue weighted by Crippen LogP contribution is 2.58. The van der Waals surface area contributed by atoms with Crippen LogP contribution in [0.2, 0.25) is 0 Å². The molecule has 4 atom stereocenters. The predicted molar refractivity (Wildman–Crippen MR) is 56.6 cm³/mol. The first-order chi connectivity index (χ1) is 8.78. The molecular formula is C12H16F6O2. The number of alkyl halides is 6. The van der Waals surface area contributed by atoms with E-state index in [9.17, 15) is 36.6 Å². The summed E-state index contributed by atoms with van der Waals surface area (Å²) in [6, 6.07) is 0. The van der Waals surface area contributed by atoms with E-state index in [0.717, 1.165) is 0 Å². The highest BCUT2D eigenvalue weighted by Gasteiger charge is 2.71. The van der Waals surface area contributed by atoms with Crippen LogP contribution >= 0.6 is 0 Å². The molecule has 0 amide bonds. The van der Waals surface area contributed by atoms with Crippen LogP contribution in [-0.2, 0) is 0 Å². The topological polar surface area (TPSA) is 40.5 Å². The molecule has 0 spiro atoms. The van der Waals surface area contributed by atoms with Crippen LogP contribution in [-0.4, -0.2) is 33.8 Å². The molecule has 2 rings (SSSR count). The van der Waals surface area contributed by atoms with E-state index < -0.39 is 41.8 Å². The first-order valence-electron chi connectivity index (χ1n) is 6.36. The Kier molecular flexibility index (Phi) is 3.38. The van der Waals surface area contributed by atoms with Gasteiger partial charge in [-0.2, -0.15) is 26.3 Å². The third-order valence-electron chi connectivity index (χ3n) is 4.79. The van der Waals surface area contributed by atoms with Gasteiger partial charge in [0.2, 0.25) is 0 Å². The minimum absolute atomic E-state index is 0.0642. The zero-order valence-corrected chi connectivity index (χ0v) is 10.7. The zero-order valence-electron chi connectivity index (χ0n) is 10.7. The number of fused-ring (bicyclic) bond motifs is 2. The second-order valence-electron chi connectivity index (χ2n) is 6.33. The molecule has 0 aliphatic heterocycles. The Labute approximate surface area is 111 Å². The number of aliphatic hydroxyl groups is 2. The van der Waals surface area contributed by atoms with E-state index in [0.29, 0.717) is 12.8 Å². The summed E-state index contributed by atoms with van der Waals surface area (Å²) in [5, 5.41) is 19.2. The Morgan fingerprint density at radius 2 is 1.55 bits per heavy atom. The van der Waals surface area contributed by atoms with Crippen LogP contribution in [0.15, 0.2) is 0 Å². The summed E-state index contributed by atoms with van der Waals surface area (Å²) in [7, 11) is 0. The number of hydrogen-bond donors (Lipinski definition) is 2. The molecule has 0 saturated heterocycles. The maximum absolute atomic E-state index is 12.7. The fourth-order valence-corrected chi connectivity index (χ4v) is 3.90. The van der Waals surface area contributed by atoms with Gasteiger partial charge in [-0.3, -0.25) is 0 Å². The van der Waals surface area contributed by atoms with E-state index in [4.69, 9.17) is 0 Å². The van der Waals surface area contributed by atoms with Crippen LogP contribution in [0.5, 0.6) is 0 Å². The van der Waals surface area contributed by atoms with E-state index >= 15 is 0 Å². The Hall–Kier alpha value is -0.500. The lowest BCUT2D eigenvalue weighted by molar-refractivity contribution is -0.374. The van der Waals surface area contributed by atoms with Crippen molar-refractivity contribution in [2.45, 2.75) is 56.2 Å². The Bertz CT molecular complexity index is 372. The minimum atomic E-state index is -5.78. The molecule has 4 unspecified atom stereocenters. The molecule has 0 aromatic carbocycles. The Morgan fingerprint density at radius 1 is 1.05 bits per heavy atom. The highest BCUT2D eigenvalue weighted by molar-refractivity contribution is 5.06. The summed E-state index contributed by atoms with van der Waals surface area (Å²) in [6.45, 7) is 1.43. The largest absolute Gasteiger partial charge is 0.426 e. The average Bonchev–Trinajstić information content (AvgIpc) is 2.68. The molecule has 8 heteroatoms. The quantitative estimate of drug-likeness (QED) is 0.770. The summed E-state index contributed by atoms with van der Waals surface area (Å²) >= 11 is 0. The van der Waals surface area contributed by atoms with Crippen LogP contribution in [0.3, 0.4) is 0 Å². The predicted octanol–water partition coefficient (Wildman–Crippen LogP) is 3.03. The molecule has 2 N–H and O–H groups in total. The van der Waals surface area contributed by atoms with Crippen molar-refractivity contribution in [3.63, 3.8) is 0 Å². The molecule has 20 heavy (non-hydrogen) atoms. The molecule has 0 radical (unpaired) electrons. The van der Waals surface area contributed by atoms with Gasteiger partial charge in [-0.15, -0.1) is 0 Å². The van der Waals surface area contributed by atoms with Gasteiger partial charge in [0.25, 0.3) is 5.60 Å². The highest BCUT2D eigenvalue weighted by atomic mass is 19.4. The van der Waals surface area contributed by atoms with E-state index in [1.807, 2.05) is 0 Å². The molecule has 2 fully saturated rings. The lowest BCUT2D eigenvalue weighted by Gasteiger charge is -2.40. The summed E-state index contributed by atoms with van der Waals surface area (Å²) in [4.78, 5) is 0. The van der Waals surface area contributed by atoms with E-state index in [1.54, 1.807) is 0 Å². The fourth-order valence-electron chi connectivity index (χ4n) is 3.90. The van der Waals surface area contributed by atoms with Crippen molar-refractivity contribution in [1.82, 2.24) is 0 Å². The molecule has 0 aromatic heterocycles. The first kappa shape index (κ1) is 15.9. The summed E-state index contributed by atoms with van der Waals surface area (Å²) < 4.78 is 75.9. The van der Waals surface area contributed by atoms with E-state index in [1.165, 1.54) is 6.92 Å². The van der Waals surface area contributed by atoms with Crippen LogP contribution < -0.4 is 0 Å². The van der Waals surface area contributed by atoms with E-state index in [-0.39, 0.29) is 12.3 Å². The van der Waals surface area contributed by atoms with Crippen molar-refractivity contribution in [1.29, 1.82) is 0 Å². The fraction of sp³-hybridized carbons (Fsp3) is 1.00. The third kappa shape index (κ3) is 2.30. The molecule has 118 valence electrons. The lowest BCUT2D eigenvalue weighted by atomic mass is 9.73. The van der Waals surface area contributed by atoms with E-state index in [2.05, 4.69) is 0 Å². The molecule has 0 heterocycles. The number of hydrogen-bond acceptors (Lipinski definition) is 2. The molecule has 2 aliphatic rings. The van der Waals surface area contributed by atoms with Gasteiger partial charge in [0.15, 0.2) is 0 Å². The Morgan fingerprint density at radius 3 is 1.90 bits per heavy atom. The second-order valence-corrected chi connectivity index (χ2v) is 6.33. The molecule has 2 nitrogen and oxygen atoms in total. The van der Waals surface area contributed by atoms with Gasteiger partial charge in [-0.25, -0.2) is 0 Å². The smallest absolute Gasteiger partial charge is 0.390 e. The second kappa shape index (κ2) is 4.25. The van der Waals surface area contributed by atoms with Crippen LogP contribution in [0.25, 0.3) is 0 Å². The lowest BCUT2D eigenvalue weighted by Crippen LogP contribution is -2.58. The first-order valence-corrected chi connectivity index (χ1v) is 6.36. The van der Waals surface area contributed by atoms with Crippen LogP contribution in [0, 0.1) is 17.8 Å². The molecular weight excluding hydrogens is 290 g/mol. The monoisotopic (exact) mass is 306 g/mol. The van der Waals surface area contributed by atoms with Gasteiger partial charge < -0.3 is 10.2 Å². The van der Waals surface area contributed by atoms with Crippen molar-refractivity contribution in [3.05, 3.63) is 0 Å². The molecule has 2 bridgehead atoms. The number of halogens is 6.